The molecule has 2 aromatic carbocycles. The average molecular weight is 659 g/mol. The molecule has 0 saturated carbocycles. The van der Waals surface area contributed by atoms with Gasteiger partial charge >= 0.3 is 12.3 Å². The zero-order valence-electron chi connectivity index (χ0n) is 15.5. The molecule has 2 rings (SSSR count). The smallest absolute Gasteiger partial charge is 0.521 e. The van der Waals surface area contributed by atoms with Crippen LogP contribution >= 0.6 is 0 Å². The van der Waals surface area contributed by atoms with Crippen molar-refractivity contribution in [1.82, 2.24) is 5.32 Å². The number of halogens is 4. The number of carbonyl (C=O) groups is 1. The summed E-state index contributed by atoms with van der Waals surface area (Å²) in [6, 6.07) is 14.7. The van der Waals surface area contributed by atoms with Crippen molar-refractivity contribution >= 4 is 12.4 Å². The summed E-state index contributed by atoms with van der Waals surface area (Å²) in [5, 5.41) is 9.65. The molecule has 1 amide bonds. The average Bonchev–Trinajstić information content (AvgIpc) is 2.60. The number of nitrogens with one attached hydrogen (secondary N) is 1. The summed E-state index contributed by atoms with van der Waals surface area (Å²) in [5.74, 6) is -1.26. The predicted octanol–water partition coefficient (Wildman–Crippen LogP) is 4.07. The van der Waals surface area contributed by atoms with E-state index in [0.29, 0.717) is 0 Å². The molecule has 0 saturated heterocycles. The summed E-state index contributed by atoms with van der Waals surface area (Å²) >= 11 is 0. The minimum Gasteiger partial charge on any atom is -0.521 e. The predicted molar refractivity (Wildman–Crippen MR) is 95.6 cm³/mol. The molecule has 0 atom stereocenters. The third kappa shape index (κ3) is 14.9. The normalized spacial score (nSPS) is 9.59. The maximum atomic E-state index is 12.9. The number of amides is 1. The molecular weight excluding hydrogens is 639 g/mol. The monoisotopic (exact) mass is 659 g/mol. The van der Waals surface area contributed by atoms with Gasteiger partial charge in [-0.3, -0.25) is 9.53 Å². The summed E-state index contributed by atoms with van der Waals surface area (Å²) < 4.78 is 48.7. The number of aliphatic carboxylic acids is 1. The second-order valence-electron chi connectivity index (χ2n) is 5.10. The van der Waals surface area contributed by atoms with Crippen molar-refractivity contribution in [2.45, 2.75) is 20.2 Å². The Morgan fingerprint density at radius 1 is 1.14 bits per heavy atom. The van der Waals surface area contributed by atoms with Crippen LogP contribution in [0.15, 0.2) is 48.5 Å². The van der Waals surface area contributed by atoms with Crippen LogP contribution in [-0.2, 0) is 14.3 Å². The van der Waals surface area contributed by atoms with Crippen LogP contribution in [0.4, 0.5) is 17.6 Å². The zero-order chi connectivity index (χ0) is 21.6. The molecule has 0 bridgehead atoms. The number of carboxylic acid groups (broad SMARTS) is 1. The van der Waals surface area contributed by atoms with E-state index in [1.807, 2.05) is 42.6 Å². The van der Waals surface area contributed by atoms with Gasteiger partial charge in [0.25, 0.3) is 0 Å². The number of benzene rings is 2. The molecular formula is C19H20F4FmNO4-. The van der Waals surface area contributed by atoms with E-state index in [0.717, 1.165) is 11.1 Å². The molecule has 166 valence electrons. The molecule has 10 heteroatoms. The minimum atomic E-state index is -4.45. The van der Waals surface area contributed by atoms with E-state index in [1.165, 1.54) is 25.0 Å². The van der Waals surface area contributed by atoms with Gasteiger partial charge in [-0.05, 0) is 37.1 Å². The molecule has 0 unspecified atom stereocenters. The van der Waals surface area contributed by atoms with Crippen LogP contribution in [0.1, 0.15) is 12.5 Å². The van der Waals surface area contributed by atoms with Gasteiger partial charge < -0.3 is 15.2 Å². The Hall–Kier alpha value is -3.94. The number of carboxylic acids is 1. The number of aryl methyl sites for hydroxylation is 1. The number of ether oxygens (including phenoxy) is 1. The van der Waals surface area contributed by atoms with Crippen molar-refractivity contribution in [2.24, 2.45) is 0 Å². The van der Waals surface area contributed by atoms with E-state index < -0.39 is 12.3 Å². The van der Waals surface area contributed by atoms with E-state index in [9.17, 15) is 27.2 Å². The standard InChI is InChI=1S/C13H11F.C3H5F3O.C3H4NO3.Fm/c1-10-5-7-11(8-6-10)12-3-2-4-13(14)9-12;1-2-7-3(4,5)6;5-2-4-1-3(6)7;/h2-9H,1H3;2H2,1H3;1H2,(H,4,5)(H,6,7);/q;;-1;. The maximum absolute atomic E-state index is 12.9. The number of hydrogen-bond donors (Lipinski definition) is 2. The van der Waals surface area contributed by atoms with Crippen molar-refractivity contribution in [2.75, 3.05) is 13.2 Å². The Morgan fingerprint density at radius 3 is 2.07 bits per heavy atom. The van der Waals surface area contributed by atoms with E-state index in [1.54, 1.807) is 12.1 Å². The fourth-order valence-corrected chi connectivity index (χ4v) is 1.69. The van der Waals surface area contributed by atoms with Crippen LogP contribution in [0.25, 0.3) is 11.1 Å². The quantitative estimate of drug-likeness (QED) is 0.289. The molecule has 0 aliphatic carbocycles. The first-order chi connectivity index (χ1) is 13.1. The van der Waals surface area contributed by atoms with Gasteiger partial charge in [0.1, 0.15) is 5.82 Å². The topological polar surface area (TPSA) is 75.6 Å². The third-order valence-electron chi connectivity index (χ3n) is 2.83. The summed E-state index contributed by atoms with van der Waals surface area (Å²) in [6.45, 7) is 2.65. The Balaban J connectivity index is 0. The molecule has 2 aromatic rings. The number of rotatable bonds is 5. The van der Waals surface area contributed by atoms with Crippen LogP contribution in [0.5, 0.6) is 0 Å². The summed E-state index contributed by atoms with van der Waals surface area (Å²) in [6.07, 6.45) is -3.23. The zero-order valence-corrected chi connectivity index (χ0v) is 17.9. The maximum Gasteiger partial charge on any atom is 0.522 e. The Morgan fingerprint density at radius 2 is 1.72 bits per heavy atom. The van der Waals surface area contributed by atoms with Gasteiger partial charge in [-0.1, -0.05) is 42.0 Å². The van der Waals surface area contributed by atoms with Gasteiger partial charge in [0.2, 0.25) is 0 Å². The minimum absolute atomic E-state index is 0. The van der Waals surface area contributed by atoms with E-state index in [2.05, 4.69) is 4.74 Å². The summed E-state index contributed by atoms with van der Waals surface area (Å²) in [5.41, 5.74) is 3.19. The Kier molecular flexibility index (Phi) is 13.3. The molecule has 29 heavy (non-hydrogen) atoms. The fraction of sp³-hybridized carbons (Fsp3) is 0.263. The van der Waals surface area contributed by atoms with Crippen LogP contribution in [-0.4, -0.2) is 37.0 Å². The largest absolute Gasteiger partial charge is 0.522 e. The van der Waals surface area contributed by atoms with E-state index in [-0.39, 0.29) is 19.0 Å². The molecule has 0 aliphatic rings. The first kappa shape index (κ1) is 27.3. The molecule has 0 aliphatic heterocycles. The molecule has 0 fully saturated rings. The van der Waals surface area contributed by atoms with Crippen LogP contribution in [0.3, 0.4) is 0 Å². The van der Waals surface area contributed by atoms with Crippen LogP contribution in [0, 0.1) is 12.7 Å². The Bertz CT molecular complexity index is 725. The van der Waals surface area contributed by atoms with Gasteiger partial charge in [-0.2, -0.15) is 6.41 Å². The molecule has 0 spiro atoms. The molecule has 0 aromatic heterocycles. The second kappa shape index (κ2) is 14.2. The molecule has 0 heterocycles. The first-order valence-corrected chi connectivity index (χ1v) is 7.94. The SMILES string of the molecule is CCOC(F)(F)F.Cc1ccc(-c2cccc(F)c2)cc1.O=[C-]NCC(=O)O.[Fm]. The number of carbonyl (C=O) groups excluding carboxylic acids is 1. The van der Waals surface area contributed by atoms with Crippen molar-refractivity contribution in [3.8, 4) is 11.1 Å². The van der Waals surface area contributed by atoms with E-state index in [4.69, 9.17) is 5.11 Å². The first-order valence-electron chi connectivity index (χ1n) is 7.94. The third-order valence-corrected chi connectivity index (χ3v) is 2.83. The van der Waals surface area contributed by atoms with Gasteiger partial charge in [-0.25, -0.2) is 4.39 Å². The molecule has 0 radical (unpaired) electrons. The summed E-state index contributed by atoms with van der Waals surface area (Å²) in [7, 11) is 0. The van der Waals surface area contributed by atoms with Gasteiger partial charge in [0.15, 0.2) is 0 Å². The van der Waals surface area contributed by atoms with Crippen molar-refractivity contribution < 1.29 is 37.0 Å². The van der Waals surface area contributed by atoms with Crippen molar-refractivity contribution in [1.29, 1.82) is 0 Å². The molecule has 5 nitrogen and oxygen atoms in total. The number of hydrogen-bond acceptors (Lipinski definition) is 3. The van der Waals surface area contributed by atoms with Gasteiger partial charge in [0.05, 0.1) is 13.2 Å². The van der Waals surface area contributed by atoms with Crippen molar-refractivity contribution in [3.63, 3.8) is 0 Å². The fourth-order valence-electron chi connectivity index (χ4n) is 1.69. The van der Waals surface area contributed by atoms with Crippen LogP contribution < -0.4 is 5.32 Å². The van der Waals surface area contributed by atoms with Crippen LogP contribution in [0.2, 0.25) is 0 Å². The summed E-state index contributed by atoms with van der Waals surface area (Å²) in [4.78, 5) is 18.7. The second-order valence-corrected chi connectivity index (χ2v) is 5.10. The van der Waals surface area contributed by atoms with Gasteiger partial charge in [-0.15, -0.1) is 13.2 Å². The Labute approximate surface area is 159 Å². The van der Waals surface area contributed by atoms with E-state index >= 15 is 0 Å². The molecule has 2 N–H and O–H groups in total. The van der Waals surface area contributed by atoms with Crippen molar-refractivity contribution in [3.05, 3.63) is 59.9 Å². The number of alkyl halides is 3. The van der Waals surface area contributed by atoms with Gasteiger partial charge in [0, 0.05) is 0 Å².